The highest BCUT2D eigenvalue weighted by Crippen LogP contribution is 2.28. The monoisotopic (exact) mass is 423 g/mol. The maximum absolute atomic E-state index is 12.9. The number of aromatic nitrogens is 2. The summed E-state index contributed by atoms with van der Waals surface area (Å²) in [6, 6.07) is 21.1. The molecule has 5 aromatic rings. The third-order valence-corrected chi connectivity index (χ3v) is 5.33. The molecule has 158 valence electrons. The lowest BCUT2D eigenvalue weighted by atomic mass is 10.1. The van der Waals surface area contributed by atoms with Gasteiger partial charge in [0, 0.05) is 47.0 Å². The lowest BCUT2D eigenvalue weighted by molar-refractivity contribution is 0.0922. The molecule has 0 aliphatic rings. The molecule has 0 saturated carbocycles. The number of benzene rings is 3. The molecule has 3 aromatic carbocycles. The van der Waals surface area contributed by atoms with Crippen LogP contribution in [0.3, 0.4) is 0 Å². The van der Waals surface area contributed by atoms with Crippen molar-refractivity contribution in [3.8, 4) is 17.2 Å². The highest BCUT2D eigenvalue weighted by molar-refractivity contribution is 6.08. The number of nitrogens with zero attached hydrogens (tertiary/aromatic N) is 1. The Morgan fingerprint density at radius 2 is 1.81 bits per heavy atom. The molecule has 0 radical (unpaired) electrons. The fourth-order valence-corrected chi connectivity index (χ4v) is 3.72. The van der Waals surface area contributed by atoms with Gasteiger partial charge in [0.15, 0.2) is 6.61 Å². The van der Waals surface area contributed by atoms with Crippen molar-refractivity contribution < 1.29 is 14.3 Å². The summed E-state index contributed by atoms with van der Waals surface area (Å²) in [4.78, 5) is 20.1. The van der Waals surface area contributed by atoms with E-state index in [0.29, 0.717) is 29.4 Å². The Morgan fingerprint density at radius 1 is 0.969 bits per heavy atom. The average molecular weight is 423 g/mol. The van der Waals surface area contributed by atoms with Gasteiger partial charge in [-0.2, -0.15) is 0 Å². The minimum Gasteiger partial charge on any atom is -0.485 e. The minimum atomic E-state index is -0.117. The maximum atomic E-state index is 12.9. The summed E-state index contributed by atoms with van der Waals surface area (Å²) in [7, 11) is 0. The van der Waals surface area contributed by atoms with E-state index in [0.717, 1.165) is 27.2 Å². The van der Waals surface area contributed by atoms with Gasteiger partial charge in [-0.1, -0.05) is 24.3 Å². The van der Waals surface area contributed by atoms with E-state index >= 15 is 0 Å². The van der Waals surface area contributed by atoms with E-state index in [1.807, 2.05) is 66.7 Å². The lowest BCUT2D eigenvalue weighted by Gasteiger charge is -2.11. The van der Waals surface area contributed by atoms with Crippen molar-refractivity contribution in [3.63, 3.8) is 0 Å². The molecule has 5 rings (SSSR count). The second kappa shape index (κ2) is 8.53. The zero-order valence-corrected chi connectivity index (χ0v) is 17.2. The Labute approximate surface area is 184 Å². The summed E-state index contributed by atoms with van der Waals surface area (Å²) >= 11 is 0. The Balaban J connectivity index is 1.34. The zero-order valence-electron chi connectivity index (χ0n) is 17.2. The molecule has 6 nitrogen and oxygen atoms in total. The van der Waals surface area contributed by atoms with Gasteiger partial charge in [0.1, 0.15) is 17.2 Å². The number of hydrogen-bond donors (Lipinski definition) is 2. The second-order valence-electron chi connectivity index (χ2n) is 7.42. The van der Waals surface area contributed by atoms with Crippen molar-refractivity contribution in [1.29, 1.82) is 0 Å². The van der Waals surface area contributed by atoms with Crippen LogP contribution in [0, 0.1) is 0 Å². The number of hydrogen-bond acceptors (Lipinski definition) is 5. The number of ether oxygens (including phenoxy) is 2. The smallest absolute Gasteiger partial charge is 0.202 e. The molecule has 0 bridgehead atoms. The molecule has 0 aliphatic carbocycles. The van der Waals surface area contributed by atoms with Gasteiger partial charge in [0.25, 0.3) is 0 Å². The van der Waals surface area contributed by atoms with Crippen molar-refractivity contribution >= 4 is 27.5 Å². The van der Waals surface area contributed by atoms with E-state index in [2.05, 4.69) is 9.97 Å². The summed E-state index contributed by atoms with van der Waals surface area (Å²) in [6.45, 7) is 0.257. The van der Waals surface area contributed by atoms with Crippen LogP contribution >= 0.6 is 0 Å². The van der Waals surface area contributed by atoms with Crippen LogP contribution in [0.1, 0.15) is 15.9 Å². The molecule has 6 heteroatoms. The highest BCUT2D eigenvalue weighted by atomic mass is 16.5. The van der Waals surface area contributed by atoms with E-state index in [1.54, 1.807) is 18.6 Å². The largest absolute Gasteiger partial charge is 0.485 e. The van der Waals surface area contributed by atoms with Crippen LogP contribution in [-0.4, -0.2) is 22.4 Å². The quantitative estimate of drug-likeness (QED) is 0.350. The standard InChI is InChI=1S/C26H21N3O3/c27-13-19-10-17-4-1-2-5-18(17)11-26(19)31-16-25(30)23-15-29-24-12-20(7-8-22(23)24)32-21-6-3-9-28-14-21/h1-12,14-15,29H,13,16,27H2. The summed E-state index contributed by atoms with van der Waals surface area (Å²) in [5, 5.41) is 2.95. The van der Waals surface area contributed by atoms with Crippen molar-refractivity contribution in [2.45, 2.75) is 6.54 Å². The molecule has 0 unspecified atom stereocenters. The number of nitrogens with one attached hydrogen (secondary N) is 1. The van der Waals surface area contributed by atoms with Gasteiger partial charge in [-0.15, -0.1) is 0 Å². The van der Waals surface area contributed by atoms with Gasteiger partial charge < -0.3 is 20.2 Å². The summed E-state index contributed by atoms with van der Waals surface area (Å²) in [5.74, 6) is 1.82. The third kappa shape index (κ3) is 3.91. The Bertz CT molecular complexity index is 1410. The predicted octanol–water partition coefficient (Wildman–Crippen LogP) is 5.23. The number of H-pyrrole nitrogens is 1. The summed E-state index contributed by atoms with van der Waals surface area (Å²) in [6.07, 6.45) is 5.04. The average Bonchev–Trinajstić information content (AvgIpc) is 3.26. The number of nitrogens with two attached hydrogens (primary N) is 1. The Hall–Kier alpha value is -4.16. The predicted molar refractivity (Wildman–Crippen MR) is 124 cm³/mol. The topological polar surface area (TPSA) is 90.2 Å². The number of carbonyl (C=O) groups excluding carboxylic acids is 1. The van der Waals surface area contributed by atoms with E-state index in [-0.39, 0.29) is 12.4 Å². The van der Waals surface area contributed by atoms with Crippen molar-refractivity contribution in [1.82, 2.24) is 9.97 Å². The van der Waals surface area contributed by atoms with Gasteiger partial charge in [-0.3, -0.25) is 9.78 Å². The lowest BCUT2D eigenvalue weighted by Crippen LogP contribution is -2.13. The second-order valence-corrected chi connectivity index (χ2v) is 7.42. The van der Waals surface area contributed by atoms with Gasteiger partial charge in [0.05, 0.1) is 6.20 Å². The Kier molecular flexibility index (Phi) is 5.27. The van der Waals surface area contributed by atoms with Crippen LogP contribution in [0.15, 0.2) is 85.3 Å². The number of fused-ring (bicyclic) bond motifs is 2. The fraction of sp³-hybridized carbons (Fsp3) is 0.0769. The SMILES string of the molecule is NCc1cc2ccccc2cc1OCC(=O)c1c[nH]c2cc(Oc3cccnc3)ccc12. The van der Waals surface area contributed by atoms with Gasteiger partial charge in [0.2, 0.25) is 5.78 Å². The molecular weight excluding hydrogens is 402 g/mol. The first-order valence-corrected chi connectivity index (χ1v) is 10.3. The summed E-state index contributed by atoms with van der Waals surface area (Å²) in [5.41, 5.74) is 8.15. The molecule has 0 fully saturated rings. The fourth-order valence-electron chi connectivity index (χ4n) is 3.72. The number of aromatic amines is 1. The van der Waals surface area contributed by atoms with Crippen molar-refractivity contribution in [2.75, 3.05) is 6.61 Å². The first kappa shape index (κ1) is 19.8. The van der Waals surface area contributed by atoms with Gasteiger partial charge in [-0.25, -0.2) is 0 Å². The van der Waals surface area contributed by atoms with Gasteiger partial charge >= 0.3 is 0 Å². The molecular formula is C26H21N3O3. The first-order valence-electron chi connectivity index (χ1n) is 10.3. The van der Waals surface area contributed by atoms with E-state index in [1.165, 1.54) is 0 Å². The number of Topliss-reactive ketones (excluding diaryl/α,β-unsaturated/α-hetero) is 1. The van der Waals surface area contributed by atoms with Crippen LogP contribution in [0.25, 0.3) is 21.7 Å². The van der Waals surface area contributed by atoms with Crippen LogP contribution in [0.4, 0.5) is 0 Å². The van der Waals surface area contributed by atoms with E-state index < -0.39 is 0 Å². The van der Waals surface area contributed by atoms with E-state index in [4.69, 9.17) is 15.2 Å². The molecule has 0 spiro atoms. The number of rotatable bonds is 7. The molecule has 0 amide bonds. The van der Waals surface area contributed by atoms with Crippen LogP contribution in [-0.2, 0) is 6.54 Å². The van der Waals surface area contributed by atoms with Crippen LogP contribution < -0.4 is 15.2 Å². The molecule has 32 heavy (non-hydrogen) atoms. The van der Waals surface area contributed by atoms with Crippen LogP contribution in [0.2, 0.25) is 0 Å². The van der Waals surface area contributed by atoms with Gasteiger partial charge in [-0.05, 0) is 47.2 Å². The number of carbonyl (C=O) groups is 1. The minimum absolute atomic E-state index is 0.0772. The molecule has 0 aliphatic heterocycles. The molecule has 0 atom stereocenters. The molecule has 2 heterocycles. The number of pyridine rings is 1. The van der Waals surface area contributed by atoms with Crippen LogP contribution in [0.5, 0.6) is 17.2 Å². The normalized spacial score (nSPS) is 11.0. The third-order valence-electron chi connectivity index (χ3n) is 5.33. The Morgan fingerprint density at radius 3 is 2.59 bits per heavy atom. The number of ketones is 1. The van der Waals surface area contributed by atoms with Crippen molar-refractivity contribution in [2.24, 2.45) is 5.73 Å². The highest BCUT2D eigenvalue weighted by Gasteiger charge is 2.15. The summed E-state index contributed by atoms with van der Waals surface area (Å²) < 4.78 is 11.7. The zero-order chi connectivity index (χ0) is 21.9. The van der Waals surface area contributed by atoms with E-state index in [9.17, 15) is 4.79 Å². The first-order chi connectivity index (χ1) is 15.7. The molecule has 2 aromatic heterocycles. The van der Waals surface area contributed by atoms with Crippen molar-refractivity contribution in [3.05, 3.63) is 96.4 Å². The maximum Gasteiger partial charge on any atom is 0.202 e. The molecule has 0 saturated heterocycles. The molecule has 3 N–H and O–H groups in total.